The van der Waals surface area contributed by atoms with E-state index in [4.69, 9.17) is 4.74 Å². The number of carbonyl (C=O) groups is 3. The summed E-state index contributed by atoms with van der Waals surface area (Å²) in [4.78, 5) is 46.1. The Balaban J connectivity index is 1.14. The van der Waals surface area contributed by atoms with Gasteiger partial charge in [0.25, 0.3) is 11.8 Å². The SMILES string of the molecule is O=C1c2ccc(F)cc2C(=O)N1c1ccc(OCC2=NC(Cc3cc4ccc(F)cc4[nH]3)(C(=O)O)CS2)cc1. The number of aromatic nitrogens is 1. The second-order valence-corrected chi connectivity index (χ2v) is 10.3. The van der Waals surface area contributed by atoms with Gasteiger partial charge < -0.3 is 14.8 Å². The summed E-state index contributed by atoms with van der Waals surface area (Å²) in [6.45, 7) is 0.0310. The number of hydrogen-bond acceptors (Lipinski definition) is 6. The molecule has 2 aliphatic heterocycles. The molecule has 0 saturated carbocycles. The van der Waals surface area contributed by atoms with Crippen molar-refractivity contribution in [3.8, 4) is 5.75 Å². The fraction of sp³-hybridized carbons (Fsp3) is 0.143. The van der Waals surface area contributed by atoms with Crippen molar-refractivity contribution in [1.29, 1.82) is 0 Å². The standard InChI is InChI=1S/C28H19F2N3O5S/c29-16-3-8-21-22(10-16)26(35)33(25(21)34)19-4-6-20(7-5-19)38-13-24-32-28(14-39-24,27(36)37)12-18-9-15-1-2-17(30)11-23(15)31-18/h1-11,31H,12-14H2,(H,36,37). The van der Waals surface area contributed by atoms with Gasteiger partial charge in [0.1, 0.15) is 29.0 Å². The Morgan fingerprint density at radius 1 is 1.00 bits per heavy atom. The zero-order valence-corrected chi connectivity index (χ0v) is 20.9. The highest BCUT2D eigenvalue weighted by molar-refractivity contribution is 8.14. The molecular formula is C28H19F2N3O5S. The third-order valence-corrected chi connectivity index (χ3v) is 7.81. The number of benzene rings is 3. The lowest BCUT2D eigenvalue weighted by atomic mass is 9.96. The monoisotopic (exact) mass is 547 g/mol. The van der Waals surface area contributed by atoms with Gasteiger partial charge in [-0.05, 0) is 72.1 Å². The first-order chi connectivity index (χ1) is 18.7. The summed E-state index contributed by atoms with van der Waals surface area (Å²) in [5, 5.41) is 11.3. The summed E-state index contributed by atoms with van der Waals surface area (Å²) >= 11 is 1.29. The van der Waals surface area contributed by atoms with Crippen LogP contribution in [0.4, 0.5) is 14.5 Å². The summed E-state index contributed by atoms with van der Waals surface area (Å²) < 4.78 is 32.9. The number of carbonyl (C=O) groups excluding carboxylic acids is 2. The number of nitrogens with zero attached hydrogens (tertiary/aromatic N) is 2. The molecule has 196 valence electrons. The lowest BCUT2D eigenvalue weighted by Crippen LogP contribution is -2.39. The van der Waals surface area contributed by atoms with Crippen LogP contribution in [0.15, 0.2) is 71.7 Å². The molecule has 39 heavy (non-hydrogen) atoms. The van der Waals surface area contributed by atoms with E-state index in [1.165, 1.54) is 42.1 Å². The number of anilines is 1. The van der Waals surface area contributed by atoms with E-state index in [-0.39, 0.29) is 35.7 Å². The van der Waals surface area contributed by atoms with Crippen LogP contribution in [0.1, 0.15) is 26.4 Å². The van der Waals surface area contributed by atoms with E-state index >= 15 is 0 Å². The number of aliphatic imine (C=N–C) groups is 1. The van der Waals surface area contributed by atoms with Gasteiger partial charge in [0.15, 0.2) is 5.54 Å². The van der Waals surface area contributed by atoms with Crippen molar-refractivity contribution >= 4 is 51.2 Å². The van der Waals surface area contributed by atoms with Crippen LogP contribution in [0.3, 0.4) is 0 Å². The number of nitrogens with one attached hydrogen (secondary N) is 1. The van der Waals surface area contributed by atoms with Crippen molar-refractivity contribution in [3.63, 3.8) is 0 Å². The van der Waals surface area contributed by atoms with Gasteiger partial charge >= 0.3 is 5.97 Å². The van der Waals surface area contributed by atoms with Gasteiger partial charge in [-0.15, -0.1) is 11.8 Å². The molecule has 3 heterocycles. The number of thioether (sulfide) groups is 1. The first-order valence-electron chi connectivity index (χ1n) is 11.9. The van der Waals surface area contributed by atoms with Crippen LogP contribution in [-0.2, 0) is 11.2 Å². The maximum Gasteiger partial charge on any atom is 0.332 e. The minimum atomic E-state index is -1.39. The van der Waals surface area contributed by atoms with Crippen LogP contribution >= 0.6 is 11.8 Å². The summed E-state index contributed by atoms with van der Waals surface area (Å²) in [5.41, 5.74) is 0.288. The Labute approximate surface area is 224 Å². The molecule has 4 aromatic rings. The minimum absolute atomic E-state index is 0.0121. The third kappa shape index (κ3) is 4.44. The fourth-order valence-electron chi connectivity index (χ4n) is 4.71. The Kier molecular flexibility index (Phi) is 5.95. The number of fused-ring (bicyclic) bond motifs is 2. The van der Waals surface area contributed by atoms with Crippen LogP contribution in [0.5, 0.6) is 5.75 Å². The van der Waals surface area contributed by atoms with E-state index in [2.05, 4.69) is 9.98 Å². The van der Waals surface area contributed by atoms with Crippen molar-refractivity contribution in [2.45, 2.75) is 12.0 Å². The number of rotatable bonds is 7. The second kappa shape index (κ2) is 9.35. The summed E-state index contributed by atoms with van der Waals surface area (Å²) in [6.07, 6.45) is 0.105. The molecule has 6 rings (SSSR count). The molecule has 2 aliphatic rings. The molecule has 0 bridgehead atoms. The maximum absolute atomic E-state index is 13.6. The minimum Gasteiger partial charge on any atom is -0.487 e. The highest BCUT2D eigenvalue weighted by Gasteiger charge is 2.44. The molecule has 8 nitrogen and oxygen atoms in total. The third-order valence-electron chi connectivity index (χ3n) is 6.64. The van der Waals surface area contributed by atoms with E-state index < -0.39 is 29.1 Å². The number of H-pyrrole nitrogens is 1. The number of hydrogen-bond donors (Lipinski definition) is 2. The Hall–Kier alpha value is -4.51. The van der Waals surface area contributed by atoms with E-state index in [1.54, 1.807) is 24.3 Å². The molecule has 2 amide bonds. The van der Waals surface area contributed by atoms with Crippen molar-refractivity contribution in [1.82, 2.24) is 4.98 Å². The number of halogens is 2. The molecule has 0 fully saturated rings. The second-order valence-electron chi connectivity index (χ2n) is 9.25. The van der Waals surface area contributed by atoms with Crippen LogP contribution in [-0.4, -0.2) is 50.8 Å². The molecule has 0 spiro atoms. The number of aliphatic carboxylic acids is 1. The van der Waals surface area contributed by atoms with Gasteiger partial charge in [-0.2, -0.15) is 0 Å². The summed E-state index contributed by atoms with van der Waals surface area (Å²) in [7, 11) is 0. The number of carboxylic acid groups (broad SMARTS) is 1. The first kappa shape index (κ1) is 24.8. The topological polar surface area (TPSA) is 112 Å². The average molecular weight is 548 g/mol. The molecule has 1 unspecified atom stereocenters. The summed E-state index contributed by atoms with van der Waals surface area (Å²) in [6, 6.07) is 15.8. The number of carboxylic acids is 1. The molecule has 0 saturated heterocycles. The van der Waals surface area contributed by atoms with E-state index in [0.29, 0.717) is 27.7 Å². The van der Waals surface area contributed by atoms with E-state index in [1.807, 2.05) is 0 Å². The number of ether oxygens (including phenoxy) is 1. The van der Waals surface area contributed by atoms with Crippen molar-refractivity contribution < 1.29 is 33.0 Å². The van der Waals surface area contributed by atoms with Gasteiger partial charge in [-0.25, -0.2) is 18.5 Å². The maximum atomic E-state index is 13.6. The largest absolute Gasteiger partial charge is 0.487 e. The quantitative estimate of drug-likeness (QED) is 0.321. The highest BCUT2D eigenvalue weighted by atomic mass is 32.2. The molecule has 3 aromatic carbocycles. The number of imide groups is 1. The molecule has 11 heteroatoms. The highest BCUT2D eigenvalue weighted by Crippen LogP contribution is 2.34. The zero-order valence-electron chi connectivity index (χ0n) is 20.1. The van der Waals surface area contributed by atoms with Gasteiger partial charge in [0.05, 0.1) is 16.8 Å². The Morgan fingerprint density at radius 3 is 2.49 bits per heavy atom. The fourth-order valence-corrected chi connectivity index (χ4v) is 5.79. The Morgan fingerprint density at radius 2 is 1.72 bits per heavy atom. The van der Waals surface area contributed by atoms with Gasteiger partial charge in [-0.3, -0.25) is 14.6 Å². The first-order valence-corrected chi connectivity index (χ1v) is 12.8. The summed E-state index contributed by atoms with van der Waals surface area (Å²) in [5.74, 6) is -2.56. The average Bonchev–Trinajstić information content (AvgIpc) is 3.58. The zero-order chi connectivity index (χ0) is 27.3. The molecule has 1 atom stereocenters. The predicted octanol–water partition coefficient (Wildman–Crippen LogP) is 4.84. The van der Waals surface area contributed by atoms with Crippen molar-refractivity contribution in [2.75, 3.05) is 17.3 Å². The van der Waals surface area contributed by atoms with Crippen LogP contribution < -0.4 is 9.64 Å². The van der Waals surface area contributed by atoms with Gasteiger partial charge in [0.2, 0.25) is 0 Å². The van der Waals surface area contributed by atoms with Crippen LogP contribution in [0.25, 0.3) is 10.9 Å². The smallest absolute Gasteiger partial charge is 0.332 e. The number of amides is 2. The van der Waals surface area contributed by atoms with Gasteiger partial charge in [0, 0.05) is 23.4 Å². The lowest BCUT2D eigenvalue weighted by Gasteiger charge is -2.19. The Bertz CT molecular complexity index is 1700. The van der Waals surface area contributed by atoms with Crippen molar-refractivity contribution in [2.24, 2.45) is 4.99 Å². The molecule has 0 radical (unpaired) electrons. The molecular weight excluding hydrogens is 528 g/mol. The van der Waals surface area contributed by atoms with Crippen molar-refractivity contribution in [3.05, 3.63) is 95.2 Å². The normalized spacial score (nSPS) is 18.5. The van der Waals surface area contributed by atoms with E-state index in [0.717, 1.165) is 22.4 Å². The molecule has 2 N–H and O–H groups in total. The van der Waals surface area contributed by atoms with E-state index in [9.17, 15) is 28.3 Å². The number of aromatic amines is 1. The predicted molar refractivity (Wildman–Crippen MR) is 142 cm³/mol. The van der Waals surface area contributed by atoms with Crippen LogP contribution in [0, 0.1) is 11.6 Å². The molecule has 0 aliphatic carbocycles. The van der Waals surface area contributed by atoms with Gasteiger partial charge in [-0.1, -0.05) is 0 Å². The van der Waals surface area contributed by atoms with Crippen LogP contribution in [0.2, 0.25) is 0 Å². The lowest BCUT2D eigenvalue weighted by molar-refractivity contribution is -0.142. The molecule has 1 aromatic heterocycles.